The van der Waals surface area contributed by atoms with Gasteiger partial charge < -0.3 is 10.6 Å². The molecular weight excluding hydrogens is 315 g/mol. The summed E-state index contributed by atoms with van der Waals surface area (Å²) in [6, 6.07) is 4.72. The average molecular weight is 327 g/mol. The molecule has 1 aromatic carbocycles. The Hall–Kier alpha value is -2.05. The molecule has 2 N–H and O–H groups in total. The predicted molar refractivity (Wildman–Crippen MR) is 80.5 cm³/mol. The van der Waals surface area contributed by atoms with Gasteiger partial charge in [0.1, 0.15) is 5.56 Å². The summed E-state index contributed by atoms with van der Waals surface area (Å²) in [5.74, 6) is -0.666. The first kappa shape index (κ1) is 15.3. The monoisotopic (exact) mass is 326 g/mol. The minimum Gasteiger partial charge on any atom is -0.380 e. The topological polar surface area (TPSA) is 82.5 Å². The number of halogens is 2. The highest BCUT2D eigenvalue weighted by Gasteiger charge is 2.15. The van der Waals surface area contributed by atoms with E-state index in [9.17, 15) is 4.79 Å². The van der Waals surface area contributed by atoms with Crippen LogP contribution < -0.4 is 5.73 Å². The second-order valence-electron chi connectivity index (χ2n) is 4.25. The van der Waals surface area contributed by atoms with Gasteiger partial charge in [-0.3, -0.25) is 4.68 Å². The third-order valence-corrected chi connectivity index (χ3v) is 3.44. The minimum atomic E-state index is -0.645. The molecule has 0 unspecified atom stereocenters. The molecule has 1 heterocycles. The molecule has 0 aliphatic heterocycles. The van der Waals surface area contributed by atoms with Crippen LogP contribution in [0.1, 0.15) is 21.6 Å². The lowest BCUT2D eigenvalue weighted by molar-refractivity contribution is 0.0515. The van der Waals surface area contributed by atoms with Crippen molar-refractivity contribution in [2.24, 2.45) is 17.9 Å². The maximum atomic E-state index is 11.9. The van der Waals surface area contributed by atoms with E-state index in [1.165, 1.54) is 12.3 Å². The van der Waals surface area contributed by atoms with Gasteiger partial charge in [0.05, 0.1) is 11.2 Å². The van der Waals surface area contributed by atoms with Crippen molar-refractivity contribution in [1.29, 1.82) is 0 Å². The van der Waals surface area contributed by atoms with E-state index in [1.807, 2.05) is 0 Å². The van der Waals surface area contributed by atoms with Gasteiger partial charge in [0.2, 0.25) is 0 Å². The highest BCUT2D eigenvalue weighted by Crippen LogP contribution is 2.20. The second-order valence-corrected chi connectivity index (χ2v) is 5.09. The molecule has 0 amide bonds. The van der Waals surface area contributed by atoms with Gasteiger partial charge >= 0.3 is 5.97 Å². The quantitative estimate of drug-likeness (QED) is 0.406. The lowest BCUT2D eigenvalue weighted by Crippen LogP contribution is -2.16. The maximum absolute atomic E-state index is 11.9. The number of carbonyl (C=O) groups is 1. The third kappa shape index (κ3) is 3.34. The standard InChI is InChI=1S/C13H12Cl2N4O2/c1-7-10(6-17-19(7)2)13(20)21-18-12(16)9-4-3-8(14)5-11(9)15/h3-6H,1-2H3,(H2,16,18). The van der Waals surface area contributed by atoms with Gasteiger partial charge in [-0.05, 0) is 25.1 Å². The van der Waals surface area contributed by atoms with Crippen molar-refractivity contribution in [3.8, 4) is 0 Å². The zero-order valence-electron chi connectivity index (χ0n) is 11.3. The molecule has 0 spiro atoms. The number of hydrogen-bond donors (Lipinski definition) is 1. The summed E-state index contributed by atoms with van der Waals surface area (Å²) in [5.41, 5.74) is 7.15. The zero-order valence-corrected chi connectivity index (χ0v) is 12.8. The van der Waals surface area contributed by atoms with E-state index in [0.29, 0.717) is 26.9 Å². The van der Waals surface area contributed by atoms with Crippen LogP contribution in [0, 0.1) is 6.92 Å². The fourth-order valence-electron chi connectivity index (χ4n) is 1.59. The Morgan fingerprint density at radius 3 is 2.67 bits per heavy atom. The smallest absolute Gasteiger partial charge is 0.369 e. The maximum Gasteiger partial charge on any atom is 0.369 e. The first-order valence-corrected chi connectivity index (χ1v) is 6.64. The number of hydrogen-bond acceptors (Lipinski definition) is 4. The molecule has 6 nitrogen and oxygen atoms in total. The number of benzene rings is 1. The van der Waals surface area contributed by atoms with Crippen molar-refractivity contribution in [3.63, 3.8) is 0 Å². The molecule has 2 aromatic rings. The molecule has 21 heavy (non-hydrogen) atoms. The van der Waals surface area contributed by atoms with Crippen LogP contribution in [-0.2, 0) is 11.9 Å². The molecule has 0 saturated carbocycles. The number of nitrogens with zero attached hydrogens (tertiary/aromatic N) is 3. The molecule has 0 aliphatic carbocycles. The molecule has 0 atom stereocenters. The van der Waals surface area contributed by atoms with Crippen molar-refractivity contribution < 1.29 is 9.63 Å². The summed E-state index contributed by atoms with van der Waals surface area (Å²) in [7, 11) is 1.72. The number of rotatable bonds is 3. The number of amidine groups is 1. The Morgan fingerprint density at radius 2 is 2.10 bits per heavy atom. The highest BCUT2D eigenvalue weighted by atomic mass is 35.5. The summed E-state index contributed by atoms with van der Waals surface area (Å²) >= 11 is 11.8. The predicted octanol–water partition coefficient (Wildman–Crippen LogP) is 2.51. The van der Waals surface area contributed by atoms with Gasteiger partial charge in [-0.15, -0.1) is 0 Å². The van der Waals surface area contributed by atoms with Gasteiger partial charge in [-0.2, -0.15) is 5.10 Å². The van der Waals surface area contributed by atoms with E-state index in [2.05, 4.69) is 10.3 Å². The van der Waals surface area contributed by atoms with Gasteiger partial charge in [-0.25, -0.2) is 4.79 Å². The molecule has 0 bridgehead atoms. The van der Waals surface area contributed by atoms with Crippen LogP contribution in [0.2, 0.25) is 10.0 Å². The van der Waals surface area contributed by atoms with Crippen LogP contribution in [0.3, 0.4) is 0 Å². The Labute approximate surface area is 131 Å². The lowest BCUT2D eigenvalue weighted by atomic mass is 10.2. The van der Waals surface area contributed by atoms with Crippen molar-refractivity contribution in [2.45, 2.75) is 6.92 Å². The van der Waals surface area contributed by atoms with Gasteiger partial charge in [0, 0.05) is 23.3 Å². The number of aromatic nitrogens is 2. The summed E-state index contributed by atoms with van der Waals surface area (Å²) in [4.78, 5) is 16.7. The van der Waals surface area contributed by atoms with Gasteiger partial charge in [-0.1, -0.05) is 28.4 Å². The summed E-state index contributed by atoms with van der Waals surface area (Å²) in [6.45, 7) is 1.74. The van der Waals surface area contributed by atoms with Gasteiger partial charge in [0.25, 0.3) is 0 Å². The van der Waals surface area contributed by atoms with Crippen molar-refractivity contribution >= 4 is 35.0 Å². The largest absolute Gasteiger partial charge is 0.380 e. The Bertz CT molecular complexity index is 725. The third-order valence-electron chi connectivity index (χ3n) is 2.89. The molecule has 8 heteroatoms. The summed E-state index contributed by atoms with van der Waals surface area (Å²) < 4.78 is 1.56. The molecule has 0 fully saturated rings. The lowest BCUT2D eigenvalue weighted by Gasteiger charge is -2.03. The number of oxime groups is 1. The Kier molecular flexibility index (Phi) is 4.50. The van der Waals surface area contributed by atoms with E-state index in [-0.39, 0.29) is 5.84 Å². The van der Waals surface area contributed by atoms with E-state index >= 15 is 0 Å². The Balaban J connectivity index is 2.17. The van der Waals surface area contributed by atoms with E-state index in [4.69, 9.17) is 33.8 Å². The normalized spacial score (nSPS) is 11.5. The first-order chi connectivity index (χ1) is 9.90. The number of nitrogens with two attached hydrogens (primary N) is 1. The van der Waals surface area contributed by atoms with Crippen molar-refractivity contribution in [2.75, 3.05) is 0 Å². The zero-order chi connectivity index (χ0) is 15.6. The minimum absolute atomic E-state index is 0.0217. The average Bonchev–Trinajstić information content (AvgIpc) is 2.76. The van der Waals surface area contributed by atoms with Crippen molar-refractivity contribution in [3.05, 3.63) is 51.3 Å². The second kappa shape index (κ2) is 6.15. The molecule has 0 radical (unpaired) electrons. The van der Waals surface area contributed by atoms with Crippen molar-refractivity contribution in [1.82, 2.24) is 9.78 Å². The van der Waals surface area contributed by atoms with Crippen LogP contribution in [0.4, 0.5) is 0 Å². The molecule has 1 aromatic heterocycles. The van der Waals surface area contributed by atoms with Crippen LogP contribution in [0.5, 0.6) is 0 Å². The number of carbonyl (C=O) groups excluding carboxylic acids is 1. The number of aryl methyl sites for hydroxylation is 1. The van der Waals surface area contributed by atoms with Crippen LogP contribution in [0.15, 0.2) is 29.6 Å². The van der Waals surface area contributed by atoms with E-state index in [1.54, 1.807) is 30.8 Å². The molecule has 0 aliphatic rings. The fourth-order valence-corrected chi connectivity index (χ4v) is 2.09. The SMILES string of the molecule is Cc1c(C(=O)O/N=C(\N)c2ccc(Cl)cc2Cl)cnn1C. The molecule has 0 saturated heterocycles. The van der Waals surface area contributed by atoms with Crippen LogP contribution >= 0.6 is 23.2 Å². The molecular formula is C13H12Cl2N4O2. The van der Waals surface area contributed by atoms with Crippen LogP contribution in [-0.4, -0.2) is 21.6 Å². The molecule has 2 rings (SSSR count). The molecule has 110 valence electrons. The first-order valence-electron chi connectivity index (χ1n) is 5.89. The highest BCUT2D eigenvalue weighted by molar-refractivity contribution is 6.36. The Morgan fingerprint density at radius 1 is 1.38 bits per heavy atom. The van der Waals surface area contributed by atoms with E-state index in [0.717, 1.165) is 0 Å². The summed E-state index contributed by atoms with van der Waals surface area (Å²) in [5, 5.41) is 8.33. The van der Waals surface area contributed by atoms with Gasteiger partial charge in [0.15, 0.2) is 5.84 Å². The summed E-state index contributed by atoms with van der Waals surface area (Å²) in [6.07, 6.45) is 1.40. The fraction of sp³-hybridized carbons (Fsp3) is 0.154. The van der Waals surface area contributed by atoms with Crippen LogP contribution in [0.25, 0.3) is 0 Å². The van der Waals surface area contributed by atoms with E-state index < -0.39 is 5.97 Å².